The molecule has 4 rings (SSSR count). The Morgan fingerprint density at radius 1 is 1.23 bits per heavy atom. The van der Waals surface area contributed by atoms with Gasteiger partial charge in [-0.1, -0.05) is 25.8 Å². The van der Waals surface area contributed by atoms with Gasteiger partial charge in [0, 0.05) is 38.8 Å². The van der Waals surface area contributed by atoms with Crippen molar-refractivity contribution in [2.24, 2.45) is 5.92 Å². The number of nitrogens with zero attached hydrogens (tertiary/aromatic N) is 3. The molecule has 0 radical (unpaired) electrons. The van der Waals surface area contributed by atoms with Crippen LogP contribution in [-0.4, -0.2) is 52.9 Å². The monoisotopic (exact) mass is 427 g/mol. The minimum atomic E-state index is -0.676. The van der Waals surface area contributed by atoms with Crippen LogP contribution in [0.1, 0.15) is 63.9 Å². The van der Waals surface area contributed by atoms with E-state index in [4.69, 9.17) is 0 Å². The summed E-state index contributed by atoms with van der Waals surface area (Å²) in [4.78, 5) is 45.1. The van der Waals surface area contributed by atoms with Crippen molar-refractivity contribution < 1.29 is 14.4 Å². The molecule has 31 heavy (non-hydrogen) atoms. The first-order valence-electron chi connectivity index (χ1n) is 11.6. The molecule has 0 aromatic carbocycles. The summed E-state index contributed by atoms with van der Waals surface area (Å²) in [5.74, 6) is 1.57. The number of urea groups is 1. The molecule has 8 nitrogen and oxygen atoms in total. The number of piperidine rings is 1. The number of imide groups is 1. The normalized spacial score (nSPS) is 21.1. The summed E-state index contributed by atoms with van der Waals surface area (Å²) in [7, 11) is 0. The van der Waals surface area contributed by atoms with Crippen molar-refractivity contribution >= 4 is 23.7 Å². The smallest absolute Gasteiger partial charge is 0.325 e. The summed E-state index contributed by atoms with van der Waals surface area (Å²) in [5.41, 5.74) is 0.282. The lowest BCUT2D eigenvalue weighted by molar-refractivity contribution is -0.131. The number of amides is 4. The third-order valence-electron chi connectivity index (χ3n) is 6.89. The SMILES string of the molecule is CC1CCN(c2ccc(CNC(=O)CCCN3C(=O)NC4(CCCC4)C3=O)cn2)CC1. The average molecular weight is 428 g/mol. The van der Waals surface area contributed by atoms with Gasteiger partial charge in [0.25, 0.3) is 5.91 Å². The second-order valence-electron chi connectivity index (χ2n) is 9.25. The predicted molar refractivity (Wildman–Crippen MR) is 117 cm³/mol. The minimum absolute atomic E-state index is 0.0864. The van der Waals surface area contributed by atoms with Crippen LogP contribution in [0.15, 0.2) is 18.3 Å². The summed E-state index contributed by atoms with van der Waals surface area (Å²) >= 11 is 0. The van der Waals surface area contributed by atoms with E-state index in [0.717, 1.165) is 56.1 Å². The topological polar surface area (TPSA) is 94.6 Å². The number of anilines is 1. The van der Waals surface area contributed by atoms with Crippen molar-refractivity contribution in [3.05, 3.63) is 23.9 Å². The highest BCUT2D eigenvalue weighted by molar-refractivity contribution is 6.07. The largest absolute Gasteiger partial charge is 0.357 e. The van der Waals surface area contributed by atoms with Crippen molar-refractivity contribution in [1.82, 2.24) is 20.5 Å². The van der Waals surface area contributed by atoms with Gasteiger partial charge in [-0.3, -0.25) is 14.5 Å². The fourth-order valence-corrected chi connectivity index (χ4v) is 4.83. The zero-order valence-electron chi connectivity index (χ0n) is 18.4. The number of hydrogen-bond acceptors (Lipinski definition) is 5. The Bertz CT molecular complexity index is 811. The maximum atomic E-state index is 12.6. The highest BCUT2D eigenvalue weighted by atomic mass is 16.2. The van der Waals surface area contributed by atoms with E-state index in [9.17, 15) is 14.4 Å². The Labute approximate surface area is 183 Å². The predicted octanol–water partition coefficient (Wildman–Crippen LogP) is 2.58. The molecule has 1 aliphatic carbocycles. The fourth-order valence-electron chi connectivity index (χ4n) is 4.83. The molecule has 2 saturated heterocycles. The van der Waals surface area contributed by atoms with E-state index >= 15 is 0 Å². The maximum Gasteiger partial charge on any atom is 0.325 e. The molecule has 1 spiro atoms. The van der Waals surface area contributed by atoms with Crippen LogP contribution >= 0.6 is 0 Å². The van der Waals surface area contributed by atoms with E-state index in [1.54, 1.807) is 0 Å². The molecule has 4 amide bonds. The maximum absolute atomic E-state index is 12.6. The van der Waals surface area contributed by atoms with Gasteiger partial charge in [0.05, 0.1) is 0 Å². The van der Waals surface area contributed by atoms with Gasteiger partial charge in [-0.05, 0) is 49.7 Å². The van der Waals surface area contributed by atoms with E-state index < -0.39 is 5.54 Å². The Kier molecular flexibility index (Phi) is 6.43. The van der Waals surface area contributed by atoms with E-state index in [2.05, 4.69) is 27.4 Å². The number of carbonyl (C=O) groups is 3. The summed E-state index contributed by atoms with van der Waals surface area (Å²) in [6.45, 7) is 5.09. The van der Waals surface area contributed by atoms with Crippen molar-refractivity contribution in [1.29, 1.82) is 0 Å². The van der Waals surface area contributed by atoms with Gasteiger partial charge in [-0.15, -0.1) is 0 Å². The number of carbonyl (C=O) groups excluding carboxylic acids is 3. The van der Waals surface area contributed by atoms with Crippen LogP contribution in [0.3, 0.4) is 0 Å². The van der Waals surface area contributed by atoms with Crippen molar-refractivity contribution in [2.45, 2.75) is 70.4 Å². The first kappa shape index (κ1) is 21.6. The van der Waals surface area contributed by atoms with Crippen LogP contribution in [-0.2, 0) is 16.1 Å². The zero-order chi connectivity index (χ0) is 21.8. The van der Waals surface area contributed by atoms with Crippen LogP contribution < -0.4 is 15.5 Å². The first-order valence-corrected chi connectivity index (χ1v) is 11.6. The molecular formula is C23H33N5O3. The van der Waals surface area contributed by atoms with E-state index in [1.807, 2.05) is 18.3 Å². The molecule has 3 aliphatic rings. The molecule has 168 valence electrons. The van der Waals surface area contributed by atoms with Crippen molar-refractivity contribution in [2.75, 3.05) is 24.5 Å². The van der Waals surface area contributed by atoms with Gasteiger partial charge in [0.1, 0.15) is 11.4 Å². The second kappa shape index (κ2) is 9.24. The molecule has 1 aromatic rings. The molecule has 3 heterocycles. The zero-order valence-corrected chi connectivity index (χ0v) is 18.4. The molecule has 0 atom stereocenters. The lowest BCUT2D eigenvalue weighted by atomic mass is 9.98. The van der Waals surface area contributed by atoms with Gasteiger partial charge in [0.2, 0.25) is 5.91 Å². The Hall–Kier alpha value is -2.64. The molecular weight excluding hydrogens is 394 g/mol. The second-order valence-corrected chi connectivity index (χ2v) is 9.25. The molecule has 8 heteroatoms. The molecule has 2 N–H and O–H groups in total. The number of hydrogen-bond donors (Lipinski definition) is 2. The Morgan fingerprint density at radius 3 is 2.65 bits per heavy atom. The highest BCUT2D eigenvalue weighted by Crippen LogP contribution is 2.35. The molecule has 1 saturated carbocycles. The van der Waals surface area contributed by atoms with E-state index in [0.29, 0.717) is 13.0 Å². The van der Waals surface area contributed by atoms with E-state index in [-0.39, 0.29) is 30.8 Å². The first-order chi connectivity index (χ1) is 15.0. The molecule has 3 fully saturated rings. The summed E-state index contributed by atoms with van der Waals surface area (Å²) in [6, 6.07) is 3.71. The summed E-state index contributed by atoms with van der Waals surface area (Å²) < 4.78 is 0. The van der Waals surface area contributed by atoms with Crippen molar-refractivity contribution in [3.8, 4) is 0 Å². The van der Waals surface area contributed by atoms with Crippen molar-refractivity contribution in [3.63, 3.8) is 0 Å². The van der Waals surface area contributed by atoms with Crippen LogP contribution in [0, 0.1) is 5.92 Å². The fraction of sp³-hybridized carbons (Fsp3) is 0.652. The summed E-state index contributed by atoms with van der Waals surface area (Å²) in [5, 5.41) is 5.77. The average Bonchev–Trinajstić information content (AvgIpc) is 3.33. The minimum Gasteiger partial charge on any atom is -0.357 e. The van der Waals surface area contributed by atoms with Gasteiger partial charge in [-0.2, -0.15) is 0 Å². The van der Waals surface area contributed by atoms with Crippen LogP contribution in [0.5, 0.6) is 0 Å². The molecule has 0 unspecified atom stereocenters. The number of pyridine rings is 1. The van der Waals surface area contributed by atoms with Gasteiger partial charge < -0.3 is 15.5 Å². The standard InChI is InChI=1S/C23H33N5O3/c1-17-8-13-27(14-9-17)19-7-6-18(15-24-19)16-25-20(29)5-4-12-28-21(30)23(26-22(28)31)10-2-3-11-23/h6-7,15,17H,2-5,8-14,16H2,1H3,(H,25,29)(H,26,31). The lowest BCUT2D eigenvalue weighted by Gasteiger charge is -2.31. The van der Waals surface area contributed by atoms with Gasteiger partial charge >= 0.3 is 6.03 Å². The molecule has 2 aliphatic heterocycles. The molecule has 0 bridgehead atoms. The third kappa shape index (κ3) is 4.83. The van der Waals surface area contributed by atoms with Gasteiger partial charge in [0.15, 0.2) is 0 Å². The number of aromatic nitrogens is 1. The molecule has 1 aromatic heterocycles. The Morgan fingerprint density at radius 2 is 1.97 bits per heavy atom. The summed E-state index contributed by atoms with van der Waals surface area (Å²) in [6.07, 6.45) is 8.34. The van der Waals surface area contributed by atoms with Crippen LogP contribution in [0.4, 0.5) is 10.6 Å². The van der Waals surface area contributed by atoms with E-state index in [1.165, 1.54) is 17.7 Å². The highest BCUT2D eigenvalue weighted by Gasteiger charge is 2.52. The quantitative estimate of drug-likeness (QED) is 0.652. The van der Waals surface area contributed by atoms with Crippen LogP contribution in [0.2, 0.25) is 0 Å². The number of rotatable bonds is 7. The number of nitrogens with one attached hydrogen (secondary N) is 2. The van der Waals surface area contributed by atoms with Crippen LogP contribution in [0.25, 0.3) is 0 Å². The lowest BCUT2D eigenvalue weighted by Crippen LogP contribution is -2.44. The third-order valence-corrected chi connectivity index (χ3v) is 6.89. The Balaban J connectivity index is 1.18. The van der Waals surface area contributed by atoms with Gasteiger partial charge in [-0.25, -0.2) is 9.78 Å².